The molecule has 2 saturated heterocycles. The molecule has 0 spiro atoms. The number of rotatable bonds is 5. The molecule has 3 heterocycles. The SMILES string of the molecule is CN1CCN(c2ccc(N3CCN(S(=O)(=O)c4cccc([N+](=O)[O-])c4)CC3)nn2)CC1. The Balaban J connectivity index is 1.39. The van der Waals surface area contributed by atoms with E-state index >= 15 is 0 Å². The van der Waals surface area contributed by atoms with E-state index in [0.29, 0.717) is 18.9 Å². The molecule has 11 nitrogen and oxygen atoms in total. The molecule has 2 aliphatic heterocycles. The average molecular weight is 448 g/mol. The van der Waals surface area contributed by atoms with Crippen molar-refractivity contribution >= 4 is 27.3 Å². The lowest BCUT2D eigenvalue weighted by Crippen LogP contribution is -2.49. The fourth-order valence-electron chi connectivity index (χ4n) is 3.76. The fourth-order valence-corrected chi connectivity index (χ4v) is 5.22. The molecule has 0 aliphatic carbocycles. The van der Waals surface area contributed by atoms with Crippen LogP contribution in [0.3, 0.4) is 0 Å². The van der Waals surface area contributed by atoms with Crippen LogP contribution in [0, 0.1) is 10.1 Å². The Morgan fingerprint density at radius 1 is 0.871 bits per heavy atom. The zero-order valence-electron chi connectivity index (χ0n) is 17.3. The second kappa shape index (κ2) is 8.73. The van der Waals surface area contributed by atoms with E-state index in [0.717, 1.165) is 38.1 Å². The van der Waals surface area contributed by atoms with Crippen LogP contribution in [0.2, 0.25) is 0 Å². The van der Waals surface area contributed by atoms with Gasteiger partial charge in [-0.15, -0.1) is 10.2 Å². The summed E-state index contributed by atoms with van der Waals surface area (Å²) in [6, 6.07) is 9.03. The summed E-state index contributed by atoms with van der Waals surface area (Å²) in [6.45, 7) is 5.29. The zero-order chi connectivity index (χ0) is 22.0. The minimum atomic E-state index is -3.79. The summed E-state index contributed by atoms with van der Waals surface area (Å²) in [7, 11) is -1.69. The molecule has 12 heteroatoms. The third-order valence-electron chi connectivity index (χ3n) is 5.69. The third kappa shape index (κ3) is 4.60. The highest BCUT2D eigenvalue weighted by molar-refractivity contribution is 7.89. The molecule has 1 aromatic heterocycles. The van der Waals surface area contributed by atoms with Crippen molar-refractivity contribution in [1.29, 1.82) is 0 Å². The van der Waals surface area contributed by atoms with Gasteiger partial charge in [0.2, 0.25) is 10.0 Å². The molecule has 0 radical (unpaired) electrons. The number of nitrogens with zero attached hydrogens (tertiary/aromatic N) is 7. The van der Waals surface area contributed by atoms with Crippen LogP contribution in [-0.4, -0.2) is 92.1 Å². The summed E-state index contributed by atoms with van der Waals surface area (Å²) in [4.78, 5) is 16.8. The number of hydrogen-bond acceptors (Lipinski definition) is 9. The maximum atomic E-state index is 12.9. The van der Waals surface area contributed by atoms with Crippen molar-refractivity contribution < 1.29 is 13.3 Å². The third-order valence-corrected chi connectivity index (χ3v) is 7.59. The number of aromatic nitrogens is 2. The number of sulfonamides is 1. The normalized spacial score (nSPS) is 18.9. The molecule has 2 aromatic rings. The Labute approximate surface area is 181 Å². The second-order valence-corrected chi connectivity index (χ2v) is 9.62. The molecule has 31 heavy (non-hydrogen) atoms. The predicted octanol–water partition coefficient (Wildman–Crippen LogP) is 0.648. The molecule has 0 unspecified atom stereocenters. The lowest BCUT2D eigenvalue weighted by Gasteiger charge is -2.35. The van der Waals surface area contributed by atoms with E-state index in [-0.39, 0.29) is 23.7 Å². The predicted molar refractivity (Wildman–Crippen MR) is 116 cm³/mol. The van der Waals surface area contributed by atoms with Crippen molar-refractivity contribution in [2.24, 2.45) is 0 Å². The summed E-state index contributed by atoms with van der Waals surface area (Å²) in [6.07, 6.45) is 0. The molecular formula is C19H25N7O4S. The lowest BCUT2D eigenvalue weighted by atomic mass is 10.3. The maximum Gasteiger partial charge on any atom is 0.270 e. The molecule has 0 atom stereocenters. The number of piperazine rings is 2. The largest absolute Gasteiger partial charge is 0.353 e. The van der Waals surface area contributed by atoms with Gasteiger partial charge in [0.05, 0.1) is 9.82 Å². The highest BCUT2D eigenvalue weighted by Crippen LogP contribution is 2.23. The van der Waals surface area contributed by atoms with Crippen molar-refractivity contribution in [3.8, 4) is 0 Å². The smallest absolute Gasteiger partial charge is 0.270 e. The molecule has 2 aliphatic rings. The van der Waals surface area contributed by atoms with Gasteiger partial charge < -0.3 is 14.7 Å². The Bertz CT molecular complexity index is 1030. The van der Waals surface area contributed by atoms with Gasteiger partial charge in [0, 0.05) is 64.5 Å². The van der Waals surface area contributed by atoms with Crippen molar-refractivity contribution in [1.82, 2.24) is 19.4 Å². The quantitative estimate of drug-likeness (QED) is 0.481. The Morgan fingerprint density at radius 2 is 1.42 bits per heavy atom. The Morgan fingerprint density at radius 3 is 1.94 bits per heavy atom. The van der Waals surface area contributed by atoms with E-state index in [1.807, 2.05) is 17.0 Å². The molecule has 0 N–H and O–H groups in total. The van der Waals surface area contributed by atoms with Crippen LogP contribution < -0.4 is 9.80 Å². The van der Waals surface area contributed by atoms with Crippen LogP contribution in [0.15, 0.2) is 41.3 Å². The van der Waals surface area contributed by atoms with Crippen molar-refractivity contribution in [2.75, 3.05) is 69.2 Å². The van der Waals surface area contributed by atoms with E-state index in [1.165, 1.54) is 22.5 Å². The second-order valence-electron chi connectivity index (χ2n) is 7.69. The number of benzene rings is 1. The number of anilines is 2. The molecule has 0 saturated carbocycles. The van der Waals surface area contributed by atoms with Gasteiger partial charge in [-0.3, -0.25) is 10.1 Å². The lowest BCUT2D eigenvalue weighted by molar-refractivity contribution is -0.385. The number of likely N-dealkylation sites (N-methyl/N-ethyl adjacent to an activating group) is 1. The van der Waals surface area contributed by atoms with E-state index in [4.69, 9.17) is 0 Å². The number of nitro benzene ring substituents is 1. The van der Waals surface area contributed by atoms with Crippen LogP contribution in [0.1, 0.15) is 0 Å². The van der Waals surface area contributed by atoms with Crippen molar-refractivity contribution in [3.05, 3.63) is 46.5 Å². The van der Waals surface area contributed by atoms with Gasteiger partial charge in [-0.2, -0.15) is 4.31 Å². The topological polar surface area (TPSA) is 116 Å². The highest BCUT2D eigenvalue weighted by Gasteiger charge is 2.30. The number of nitro groups is 1. The van der Waals surface area contributed by atoms with Gasteiger partial charge in [0.25, 0.3) is 5.69 Å². The molecule has 0 bridgehead atoms. The van der Waals surface area contributed by atoms with E-state index < -0.39 is 14.9 Å². The van der Waals surface area contributed by atoms with E-state index in [2.05, 4.69) is 27.0 Å². The minimum absolute atomic E-state index is 0.0635. The molecule has 0 amide bonds. The van der Waals surface area contributed by atoms with Gasteiger partial charge >= 0.3 is 0 Å². The highest BCUT2D eigenvalue weighted by atomic mass is 32.2. The molecule has 1 aromatic carbocycles. The first-order chi connectivity index (χ1) is 14.8. The van der Waals surface area contributed by atoms with Crippen LogP contribution in [0.25, 0.3) is 0 Å². The van der Waals surface area contributed by atoms with Crippen LogP contribution in [0.4, 0.5) is 17.3 Å². The first-order valence-electron chi connectivity index (χ1n) is 10.1. The standard InChI is InChI=1S/C19H25N7O4S/c1-22-7-9-23(10-8-22)18-5-6-19(21-20-18)24-11-13-25(14-12-24)31(29,30)17-4-2-3-16(15-17)26(27)28/h2-6,15H,7-14H2,1H3. The number of non-ortho nitro benzene ring substituents is 1. The molecule has 2 fully saturated rings. The number of hydrogen-bond donors (Lipinski definition) is 0. The average Bonchev–Trinajstić information content (AvgIpc) is 2.80. The fraction of sp³-hybridized carbons (Fsp3) is 0.474. The summed E-state index contributed by atoms with van der Waals surface area (Å²) in [5.41, 5.74) is -0.240. The van der Waals surface area contributed by atoms with Crippen LogP contribution >= 0.6 is 0 Å². The minimum Gasteiger partial charge on any atom is -0.353 e. The summed E-state index contributed by atoms with van der Waals surface area (Å²) in [5, 5.41) is 19.7. The first kappa shape index (κ1) is 21.4. The van der Waals surface area contributed by atoms with Crippen molar-refractivity contribution in [2.45, 2.75) is 4.90 Å². The Hall–Kier alpha value is -2.83. The summed E-state index contributed by atoms with van der Waals surface area (Å²) < 4.78 is 27.1. The van der Waals surface area contributed by atoms with Gasteiger partial charge in [-0.25, -0.2) is 8.42 Å². The van der Waals surface area contributed by atoms with Crippen molar-refractivity contribution in [3.63, 3.8) is 0 Å². The molecule has 166 valence electrons. The zero-order valence-corrected chi connectivity index (χ0v) is 18.1. The molecular weight excluding hydrogens is 422 g/mol. The van der Waals surface area contributed by atoms with Gasteiger partial charge in [0.1, 0.15) is 0 Å². The molecule has 4 rings (SSSR count). The van der Waals surface area contributed by atoms with Gasteiger partial charge in [0.15, 0.2) is 11.6 Å². The monoisotopic (exact) mass is 447 g/mol. The van der Waals surface area contributed by atoms with Crippen LogP contribution in [0.5, 0.6) is 0 Å². The maximum absolute atomic E-state index is 12.9. The van der Waals surface area contributed by atoms with Gasteiger partial charge in [-0.05, 0) is 25.2 Å². The van der Waals surface area contributed by atoms with Gasteiger partial charge in [-0.1, -0.05) is 6.07 Å². The van der Waals surface area contributed by atoms with E-state index in [9.17, 15) is 18.5 Å². The summed E-state index contributed by atoms with van der Waals surface area (Å²) >= 11 is 0. The van der Waals surface area contributed by atoms with Crippen LogP contribution in [-0.2, 0) is 10.0 Å². The first-order valence-corrected chi connectivity index (χ1v) is 11.6. The Kier molecular flexibility index (Phi) is 6.03. The summed E-state index contributed by atoms with van der Waals surface area (Å²) in [5.74, 6) is 1.56. The van der Waals surface area contributed by atoms with E-state index in [1.54, 1.807) is 0 Å².